The molecule has 0 N–H and O–H groups in total. The van der Waals surface area contributed by atoms with E-state index in [-0.39, 0.29) is 32.3 Å². The molecular weight excluding hydrogens is 916 g/mol. The molecule has 8 heterocycles. The van der Waals surface area contributed by atoms with Gasteiger partial charge in [-0.3, -0.25) is 0 Å². The third-order valence-electron chi connectivity index (χ3n) is 18.8. The van der Waals surface area contributed by atoms with Gasteiger partial charge in [0, 0.05) is 50.7 Å². The Hall–Kier alpha value is -8.74. The van der Waals surface area contributed by atoms with Gasteiger partial charge >= 0.3 is 0 Å². The maximum atomic E-state index is 7.46. The minimum absolute atomic E-state index is 0.0136. The molecule has 346 valence electrons. The SMILES string of the molecule is Cc1c2c3c4c5c1Oc1cc6c(cc1B5c1ccccc1N4c1ccccc1B3c1ccccc1O2)-c1cc2c(cc1C6(C)C)Oc1c(C)c3c4c5c1B2c1ccccc1N5c1ccccc1B4c1ccccc1O3. The van der Waals surface area contributed by atoms with Gasteiger partial charge in [-0.25, -0.2) is 0 Å². The van der Waals surface area contributed by atoms with Crippen LogP contribution in [0.15, 0.2) is 170 Å². The lowest BCUT2D eigenvalue weighted by atomic mass is 9.29. The van der Waals surface area contributed by atoms with Crippen LogP contribution in [-0.2, 0) is 5.41 Å². The maximum absolute atomic E-state index is 7.46. The van der Waals surface area contributed by atoms with Crippen molar-refractivity contribution in [3.05, 3.63) is 192 Å². The molecule has 0 amide bonds. The predicted molar refractivity (Wildman–Crippen MR) is 308 cm³/mol. The number of fused-ring (bicyclic) bond motifs is 23. The summed E-state index contributed by atoms with van der Waals surface area (Å²) < 4.78 is 29.0. The van der Waals surface area contributed by atoms with E-state index < -0.39 is 0 Å². The summed E-state index contributed by atoms with van der Waals surface area (Å²) in [7, 11) is 0. The van der Waals surface area contributed by atoms with Crippen molar-refractivity contribution in [2.75, 3.05) is 9.80 Å². The highest BCUT2D eigenvalue weighted by molar-refractivity contribution is 7.05. The van der Waals surface area contributed by atoms with E-state index >= 15 is 0 Å². The molecule has 0 aromatic heterocycles. The minimum atomic E-state index is -0.369. The Morgan fingerprint density at radius 3 is 0.987 bits per heavy atom. The second kappa shape index (κ2) is 13.1. The zero-order valence-corrected chi connectivity index (χ0v) is 41.5. The van der Waals surface area contributed by atoms with Gasteiger partial charge in [0.25, 0.3) is 26.9 Å². The van der Waals surface area contributed by atoms with Gasteiger partial charge < -0.3 is 28.7 Å². The third kappa shape index (κ3) is 4.49. The van der Waals surface area contributed by atoms with Crippen LogP contribution >= 0.6 is 0 Å². The number of benzene rings is 10. The molecule has 0 radical (unpaired) electrons. The number of nitrogens with zero attached hydrogens (tertiary/aromatic N) is 2. The number of anilines is 6. The fourth-order valence-corrected chi connectivity index (χ4v) is 15.7. The van der Waals surface area contributed by atoms with Crippen molar-refractivity contribution in [1.82, 2.24) is 0 Å². The van der Waals surface area contributed by atoms with Gasteiger partial charge in [-0.1, -0.05) is 135 Å². The van der Waals surface area contributed by atoms with Crippen LogP contribution in [0.5, 0.6) is 46.0 Å². The number of para-hydroxylation sites is 6. The van der Waals surface area contributed by atoms with E-state index in [1.807, 2.05) is 0 Å². The molecule has 75 heavy (non-hydrogen) atoms. The molecule has 0 saturated heterocycles. The van der Waals surface area contributed by atoms with Crippen molar-refractivity contribution in [2.24, 2.45) is 0 Å². The van der Waals surface area contributed by atoms with Crippen molar-refractivity contribution >= 4 is 127 Å². The lowest BCUT2D eigenvalue weighted by Crippen LogP contribution is -2.67. The van der Waals surface area contributed by atoms with E-state index in [0.717, 1.165) is 57.1 Å². The quantitative estimate of drug-likeness (QED) is 0.149. The molecule has 0 unspecified atom stereocenters. The highest BCUT2D eigenvalue weighted by Gasteiger charge is 2.55. The van der Waals surface area contributed by atoms with Crippen LogP contribution in [0.4, 0.5) is 34.1 Å². The fourth-order valence-electron chi connectivity index (χ4n) is 15.7. The first kappa shape index (κ1) is 39.7. The molecule has 0 fully saturated rings. The summed E-state index contributed by atoms with van der Waals surface area (Å²) in [4.78, 5) is 5.02. The summed E-state index contributed by atoms with van der Waals surface area (Å²) in [6.45, 7) is 9.02. The largest absolute Gasteiger partial charge is 0.458 e. The van der Waals surface area contributed by atoms with Crippen LogP contribution in [0.25, 0.3) is 11.1 Å². The molecule has 8 aliphatic heterocycles. The van der Waals surface area contributed by atoms with Gasteiger partial charge in [0.05, 0.1) is 0 Å². The lowest BCUT2D eigenvalue weighted by molar-refractivity contribution is 0.458. The van der Waals surface area contributed by atoms with E-state index in [1.165, 1.54) is 122 Å². The Kier molecular flexibility index (Phi) is 6.96. The molecule has 10 heteroatoms. The fraction of sp³-hybridized carbons (Fsp3) is 0.0769. The standard InChI is InChI=1S/C65H40B4N2O4/c1-33-61-55-59-57-63(33)74-53-31-37-35(29-45(53)68(57)41-19-7-13-25-49(41)70(59)47-23-11-5-17-39(47)66(55)43-21-9-15-27-51(43)72-61)36-30-46-54(32-38(36)65(37,3)4)75-64-34(2)62-56-60-58(64)69(46)42-20-8-14-26-50(42)71(60)48-24-12-6-18-40(48)67(56)44-22-10-16-28-52(44)73-62/h5-32H,1-4H3. The van der Waals surface area contributed by atoms with E-state index in [1.54, 1.807) is 0 Å². The smallest absolute Gasteiger partial charge is 0.256 e. The highest BCUT2D eigenvalue weighted by Crippen LogP contribution is 2.55. The van der Waals surface area contributed by atoms with Gasteiger partial charge in [0.1, 0.15) is 46.0 Å². The number of ether oxygens (including phenoxy) is 4. The van der Waals surface area contributed by atoms with E-state index in [0.29, 0.717) is 0 Å². The summed E-state index contributed by atoms with van der Waals surface area (Å²) in [6.07, 6.45) is 0. The molecule has 0 spiro atoms. The number of hydrogen-bond acceptors (Lipinski definition) is 6. The average Bonchev–Trinajstić information content (AvgIpc) is 3.86. The lowest BCUT2D eigenvalue weighted by Gasteiger charge is -2.47. The second-order valence-corrected chi connectivity index (χ2v) is 22.5. The van der Waals surface area contributed by atoms with Gasteiger partial charge in [-0.2, -0.15) is 0 Å². The Balaban J connectivity index is 0.842. The maximum Gasteiger partial charge on any atom is 0.256 e. The number of hydrogen-bond donors (Lipinski definition) is 0. The zero-order valence-electron chi connectivity index (χ0n) is 41.5. The van der Waals surface area contributed by atoms with Crippen molar-refractivity contribution in [3.8, 4) is 57.1 Å². The molecule has 0 bridgehead atoms. The predicted octanol–water partition coefficient (Wildman–Crippen LogP) is 7.29. The normalized spacial score (nSPS) is 15.8. The third-order valence-corrected chi connectivity index (χ3v) is 18.8. The van der Waals surface area contributed by atoms with Crippen LogP contribution < -0.4 is 94.3 Å². The molecule has 10 aromatic rings. The van der Waals surface area contributed by atoms with Crippen LogP contribution in [0.1, 0.15) is 36.1 Å². The Labute approximate surface area is 435 Å². The topological polar surface area (TPSA) is 43.4 Å². The first-order chi connectivity index (χ1) is 36.8. The van der Waals surface area contributed by atoms with Gasteiger partial charge in [-0.05, 0) is 150 Å². The van der Waals surface area contributed by atoms with Crippen molar-refractivity contribution in [3.63, 3.8) is 0 Å². The summed E-state index contributed by atoms with van der Waals surface area (Å²) in [6, 6.07) is 63.0. The van der Waals surface area contributed by atoms with Gasteiger partial charge in [0.2, 0.25) is 0 Å². The van der Waals surface area contributed by atoms with E-state index in [2.05, 4.69) is 207 Å². The molecule has 19 rings (SSSR count). The van der Waals surface area contributed by atoms with Gasteiger partial charge in [-0.15, -0.1) is 0 Å². The van der Waals surface area contributed by atoms with Gasteiger partial charge in [0.15, 0.2) is 0 Å². The van der Waals surface area contributed by atoms with Crippen molar-refractivity contribution < 1.29 is 18.9 Å². The second-order valence-electron chi connectivity index (χ2n) is 22.5. The average molecular weight is 956 g/mol. The molecule has 6 nitrogen and oxygen atoms in total. The van der Waals surface area contributed by atoms with Crippen molar-refractivity contribution in [2.45, 2.75) is 33.1 Å². The molecular formula is C65H40B4N2O4. The molecule has 0 atom stereocenters. The first-order valence-electron chi connectivity index (χ1n) is 26.5. The van der Waals surface area contributed by atoms with E-state index in [4.69, 9.17) is 18.9 Å². The monoisotopic (exact) mass is 956 g/mol. The Bertz CT molecular complexity index is 4170. The molecule has 9 aliphatic rings. The van der Waals surface area contributed by atoms with Crippen LogP contribution in [-0.4, -0.2) is 26.9 Å². The Morgan fingerprint density at radius 1 is 0.333 bits per heavy atom. The summed E-state index contributed by atoms with van der Waals surface area (Å²) in [5.41, 5.74) is 28.7. The highest BCUT2D eigenvalue weighted by atomic mass is 16.5. The summed E-state index contributed by atoms with van der Waals surface area (Å²) in [5.74, 6) is 7.22. The first-order valence-corrected chi connectivity index (χ1v) is 26.5. The van der Waals surface area contributed by atoms with Crippen molar-refractivity contribution in [1.29, 1.82) is 0 Å². The Morgan fingerprint density at radius 2 is 0.627 bits per heavy atom. The molecule has 1 aliphatic carbocycles. The summed E-state index contributed by atoms with van der Waals surface area (Å²) in [5, 5.41) is 0. The zero-order chi connectivity index (χ0) is 49.1. The summed E-state index contributed by atoms with van der Waals surface area (Å²) >= 11 is 0. The van der Waals surface area contributed by atoms with Crippen LogP contribution in [0, 0.1) is 13.8 Å². The van der Waals surface area contributed by atoms with Crippen LogP contribution in [0.2, 0.25) is 0 Å². The van der Waals surface area contributed by atoms with Crippen LogP contribution in [0.3, 0.4) is 0 Å². The molecule has 10 aromatic carbocycles. The van der Waals surface area contributed by atoms with E-state index in [9.17, 15) is 0 Å². The number of rotatable bonds is 0. The molecule has 0 saturated carbocycles. The minimum Gasteiger partial charge on any atom is -0.458 e.